The Morgan fingerprint density at radius 2 is 2.27 bits per heavy atom. The van der Waals surface area contributed by atoms with E-state index in [1.165, 1.54) is 12.1 Å². The van der Waals surface area contributed by atoms with Gasteiger partial charge in [0.1, 0.15) is 0 Å². The van der Waals surface area contributed by atoms with Crippen LogP contribution in [0, 0.1) is 12.8 Å². The van der Waals surface area contributed by atoms with Crippen molar-refractivity contribution in [3.8, 4) is 0 Å². The van der Waals surface area contributed by atoms with Gasteiger partial charge in [-0.05, 0) is 37.4 Å². The Kier molecular flexibility index (Phi) is 1.96. The molecule has 0 spiro atoms. The monoisotopic (exact) mass is 204 g/mol. The number of nitrogens with one attached hydrogen (secondary N) is 1. The van der Waals surface area contributed by atoms with Crippen LogP contribution in [-0.4, -0.2) is 17.7 Å². The van der Waals surface area contributed by atoms with Crippen molar-refractivity contribution in [3.05, 3.63) is 33.7 Å². The zero-order valence-electron chi connectivity index (χ0n) is 8.99. The first kappa shape index (κ1) is 9.16. The average molecular weight is 204 g/mol. The van der Waals surface area contributed by atoms with Crippen molar-refractivity contribution in [1.82, 2.24) is 9.88 Å². The van der Waals surface area contributed by atoms with E-state index in [0.29, 0.717) is 11.8 Å². The molecule has 2 aliphatic heterocycles. The molecule has 0 radical (unpaired) electrons. The minimum atomic E-state index is 0.182. The maximum atomic E-state index is 11.9. The molecule has 0 unspecified atom stereocenters. The third kappa shape index (κ3) is 1.42. The molecule has 0 saturated carbocycles. The Morgan fingerprint density at radius 3 is 3.13 bits per heavy atom. The van der Waals surface area contributed by atoms with E-state index in [4.69, 9.17) is 0 Å². The summed E-state index contributed by atoms with van der Waals surface area (Å²) in [5.41, 5.74) is 2.51. The number of nitrogens with zero attached hydrogens (tertiary/aromatic N) is 1. The van der Waals surface area contributed by atoms with Gasteiger partial charge in [0.25, 0.3) is 5.56 Å². The van der Waals surface area contributed by atoms with Crippen molar-refractivity contribution in [2.24, 2.45) is 5.92 Å². The highest BCUT2D eigenvalue weighted by Gasteiger charge is 2.30. The van der Waals surface area contributed by atoms with Gasteiger partial charge < -0.3 is 9.88 Å². The fourth-order valence-corrected chi connectivity index (χ4v) is 2.94. The van der Waals surface area contributed by atoms with Gasteiger partial charge in [-0.3, -0.25) is 4.79 Å². The van der Waals surface area contributed by atoms with Gasteiger partial charge in [-0.25, -0.2) is 0 Å². The van der Waals surface area contributed by atoms with E-state index in [1.807, 2.05) is 11.5 Å². The van der Waals surface area contributed by atoms with Crippen molar-refractivity contribution < 1.29 is 0 Å². The molecule has 3 heteroatoms. The van der Waals surface area contributed by atoms with E-state index in [-0.39, 0.29) is 5.56 Å². The number of hydrogen-bond donors (Lipinski definition) is 1. The summed E-state index contributed by atoms with van der Waals surface area (Å²) in [6, 6.07) is 3.92. The van der Waals surface area contributed by atoms with Gasteiger partial charge >= 0.3 is 0 Å². The van der Waals surface area contributed by atoms with E-state index >= 15 is 0 Å². The Hall–Kier alpha value is -1.09. The van der Waals surface area contributed by atoms with Crippen LogP contribution in [0.1, 0.15) is 23.6 Å². The lowest BCUT2D eigenvalue weighted by atomic mass is 9.84. The molecular formula is C12H16N2O. The van der Waals surface area contributed by atoms with Gasteiger partial charge in [-0.15, -0.1) is 0 Å². The summed E-state index contributed by atoms with van der Waals surface area (Å²) in [4.78, 5) is 11.9. The highest BCUT2D eigenvalue weighted by atomic mass is 16.1. The number of fused-ring (bicyclic) bond motifs is 4. The maximum absolute atomic E-state index is 11.9. The molecule has 0 aromatic carbocycles. The van der Waals surface area contributed by atoms with Crippen LogP contribution in [0.4, 0.5) is 0 Å². The van der Waals surface area contributed by atoms with Crippen LogP contribution in [0.25, 0.3) is 0 Å². The average Bonchev–Trinajstić information content (AvgIpc) is 2.21. The Balaban J connectivity index is 2.17. The lowest BCUT2D eigenvalue weighted by Gasteiger charge is -2.37. The molecule has 3 heterocycles. The molecule has 0 amide bonds. The standard InChI is InChI=1S/C12H16N2O/c1-8-2-11-10-4-9(5-13-6-10)7-14(11)12(15)3-8/h2-3,9-10,13H,4-7H2,1H3/t9-,10+/m0/s1. The van der Waals surface area contributed by atoms with E-state index in [0.717, 1.165) is 25.2 Å². The zero-order valence-corrected chi connectivity index (χ0v) is 8.99. The molecular weight excluding hydrogens is 188 g/mol. The van der Waals surface area contributed by atoms with Crippen molar-refractivity contribution >= 4 is 0 Å². The lowest BCUT2D eigenvalue weighted by Crippen LogP contribution is -2.44. The summed E-state index contributed by atoms with van der Waals surface area (Å²) in [6.45, 7) is 5.00. The quantitative estimate of drug-likeness (QED) is 0.680. The summed E-state index contributed by atoms with van der Waals surface area (Å²) in [6.07, 6.45) is 1.25. The van der Waals surface area contributed by atoms with Crippen LogP contribution >= 0.6 is 0 Å². The first-order valence-electron chi connectivity index (χ1n) is 5.66. The van der Waals surface area contributed by atoms with Crippen LogP contribution in [0.2, 0.25) is 0 Å². The highest BCUT2D eigenvalue weighted by molar-refractivity contribution is 5.22. The first-order chi connectivity index (χ1) is 7.24. The summed E-state index contributed by atoms with van der Waals surface area (Å²) in [5.74, 6) is 1.20. The van der Waals surface area contributed by atoms with Crippen LogP contribution < -0.4 is 10.9 Å². The Labute approximate surface area is 89.1 Å². The molecule has 3 nitrogen and oxygen atoms in total. The summed E-state index contributed by atoms with van der Waals surface area (Å²) in [7, 11) is 0. The lowest BCUT2D eigenvalue weighted by molar-refractivity contribution is 0.257. The van der Waals surface area contributed by atoms with Gasteiger partial charge in [-0.2, -0.15) is 0 Å². The van der Waals surface area contributed by atoms with E-state index < -0.39 is 0 Å². The summed E-state index contributed by atoms with van der Waals surface area (Å²) in [5, 5.41) is 3.45. The van der Waals surface area contributed by atoms with Crippen molar-refractivity contribution in [3.63, 3.8) is 0 Å². The van der Waals surface area contributed by atoms with E-state index in [2.05, 4.69) is 11.4 Å². The van der Waals surface area contributed by atoms with Crippen molar-refractivity contribution in [2.45, 2.75) is 25.8 Å². The molecule has 1 N–H and O–H groups in total. The molecule has 1 saturated heterocycles. The second-order valence-corrected chi connectivity index (χ2v) is 4.86. The van der Waals surface area contributed by atoms with Gasteiger partial charge in [-0.1, -0.05) is 0 Å². The predicted molar refractivity (Wildman–Crippen MR) is 59.2 cm³/mol. The highest BCUT2D eigenvalue weighted by Crippen LogP contribution is 2.31. The second-order valence-electron chi connectivity index (χ2n) is 4.86. The molecule has 2 atom stereocenters. The van der Waals surface area contributed by atoms with Gasteiger partial charge in [0.15, 0.2) is 0 Å². The van der Waals surface area contributed by atoms with Crippen LogP contribution in [0.15, 0.2) is 16.9 Å². The third-order valence-corrected chi connectivity index (χ3v) is 3.61. The molecule has 15 heavy (non-hydrogen) atoms. The molecule has 2 aliphatic rings. The van der Waals surface area contributed by atoms with Gasteiger partial charge in [0.2, 0.25) is 0 Å². The predicted octanol–water partition coefficient (Wildman–Crippen LogP) is 0.863. The second kappa shape index (κ2) is 3.20. The molecule has 1 fully saturated rings. The van der Waals surface area contributed by atoms with E-state index in [1.54, 1.807) is 6.07 Å². The normalized spacial score (nSPS) is 28.6. The number of hydrogen-bond acceptors (Lipinski definition) is 2. The fourth-order valence-electron chi connectivity index (χ4n) is 2.94. The molecule has 1 aromatic heterocycles. The first-order valence-corrected chi connectivity index (χ1v) is 5.66. The number of pyridine rings is 1. The van der Waals surface area contributed by atoms with Crippen LogP contribution in [0.3, 0.4) is 0 Å². The smallest absolute Gasteiger partial charge is 0.250 e. The molecule has 1 aromatic rings. The fraction of sp³-hybridized carbons (Fsp3) is 0.583. The number of piperidine rings is 1. The molecule has 80 valence electrons. The molecule has 3 rings (SSSR count). The molecule has 2 bridgehead atoms. The topological polar surface area (TPSA) is 34.0 Å². The SMILES string of the molecule is Cc1cc2n(c(=O)c1)C[C@@H]1CNC[C@H]2C1. The maximum Gasteiger partial charge on any atom is 0.250 e. The Morgan fingerprint density at radius 1 is 1.40 bits per heavy atom. The van der Waals surface area contributed by atoms with Crippen molar-refractivity contribution in [1.29, 1.82) is 0 Å². The summed E-state index contributed by atoms with van der Waals surface area (Å²) < 4.78 is 1.98. The minimum absolute atomic E-state index is 0.182. The van der Waals surface area contributed by atoms with Crippen molar-refractivity contribution in [2.75, 3.05) is 13.1 Å². The number of rotatable bonds is 0. The van der Waals surface area contributed by atoms with Crippen LogP contribution in [-0.2, 0) is 6.54 Å². The number of aromatic nitrogens is 1. The van der Waals surface area contributed by atoms with Gasteiger partial charge in [0, 0.05) is 30.8 Å². The molecule has 0 aliphatic carbocycles. The number of aryl methyl sites for hydroxylation is 1. The minimum Gasteiger partial charge on any atom is -0.316 e. The Bertz CT molecular complexity index is 449. The third-order valence-electron chi connectivity index (χ3n) is 3.61. The van der Waals surface area contributed by atoms with Crippen LogP contribution in [0.5, 0.6) is 0 Å². The van der Waals surface area contributed by atoms with E-state index in [9.17, 15) is 4.79 Å². The summed E-state index contributed by atoms with van der Waals surface area (Å²) >= 11 is 0. The zero-order chi connectivity index (χ0) is 10.4. The largest absolute Gasteiger partial charge is 0.316 e. The van der Waals surface area contributed by atoms with Gasteiger partial charge in [0.05, 0.1) is 0 Å².